The zero-order valence-corrected chi connectivity index (χ0v) is 9.17. The summed E-state index contributed by atoms with van der Waals surface area (Å²) in [6, 6.07) is 4.42. The first-order valence-electron chi connectivity index (χ1n) is 5.30. The topological polar surface area (TPSA) is 20.2 Å². The molecule has 1 aromatic carbocycles. The molecule has 0 radical (unpaired) electrons. The Hall–Kier alpha value is -0.600. The van der Waals surface area contributed by atoms with E-state index in [4.69, 9.17) is 11.6 Å². The molecule has 0 amide bonds. The van der Waals surface area contributed by atoms with Crippen LogP contribution in [0.4, 0.5) is 4.39 Å². The lowest BCUT2D eigenvalue weighted by atomic mass is 10.0. The number of hydrogen-bond acceptors (Lipinski definition) is 1. The molecule has 1 unspecified atom stereocenters. The molecule has 1 saturated carbocycles. The number of hydrogen-bond donors (Lipinski definition) is 1. The number of rotatable bonds is 4. The van der Waals surface area contributed by atoms with Crippen LogP contribution < -0.4 is 0 Å². The largest absolute Gasteiger partial charge is 0.388 e. The van der Waals surface area contributed by atoms with Crippen LogP contribution in [-0.4, -0.2) is 5.11 Å². The van der Waals surface area contributed by atoms with Crippen LogP contribution >= 0.6 is 11.6 Å². The molecule has 0 heterocycles. The van der Waals surface area contributed by atoms with Crippen LogP contribution in [0, 0.1) is 11.7 Å². The number of aliphatic hydroxyl groups is 1. The van der Waals surface area contributed by atoms with Gasteiger partial charge in [-0.1, -0.05) is 30.5 Å². The molecule has 82 valence electrons. The minimum atomic E-state index is -0.692. The Kier molecular flexibility index (Phi) is 3.27. The fourth-order valence-electron chi connectivity index (χ4n) is 1.73. The van der Waals surface area contributed by atoms with Crippen LogP contribution in [0.15, 0.2) is 18.2 Å². The third kappa shape index (κ3) is 2.93. The first kappa shape index (κ1) is 10.9. The minimum absolute atomic E-state index is 0.361. The van der Waals surface area contributed by atoms with Gasteiger partial charge >= 0.3 is 0 Å². The van der Waals surface area contributed by atoms with Gasteiger partial charge in [-0.2, -0.15) is 0 Å². The van der Waals surface area contributed by atoms with E-state index in [-0.39, 0.29) is 0 Å². The lowest BCUT2D eigenvalue weighted by Gasteiger charge is -2.11. The lowest BCUT2D eigenvalue weighted by molar-refractivity contribution is 0.158. The quantitative estimate of drug-likeness (QED) is 0.833. The third-order valence-corrected chi connectivity index (χ3v) is 3.10. The maximum atomic E-state index is 13.4. The van der Waals surface area contributed by atoms with Gasteiger partial charge in [-0.25, -0.2) is 4.39 Å². The van der Waals surface area contributed by atoms with Crippen molar-refractivity contribution in [1.82, 2.24) is 0 Å². The van der Waals surface area contributed by atoms with Crippen molar-refractivity contribution in [3.63, 3.8) is 0 Å². The average molecular weight is 229 g/mol. The van der Waals surface area contributed by atoms with Crippen molar-refractivity contribution < 1.29 is 9.50 Å². The van der Waals surface area contributed by atoms with Crippen molar-refractivity contribution in [2.45, 2.75) is 31.8 Å². The molecule has 1 atom stereocenters. The van der Waals surface area contributed by atoms with Crippen LogP contribution in [0.5, 0.6) is 0 Å². The third-order valence-electron chi connectivity index (χ3n) is 2.87. The minimum Gasteiger partial charge on any atom is -0.388 e. The van der Waals surface area contributed by atoms with E-state index in [1.54, 1.807) is 12.1 Å². The van der Waals surface area contributed by atoms with Crippen LogP contribution in [0.2, 0.25) is 5.02 Å². The molecule has 0 saturated heterocycles. The molecule has 3 heteroatoms. The van der Waals surface area contributed by atoms with E-state index in [1.165, 1.54) is 18.9 Å². The summed E-state index contributed by atoms with van der Waals surface area (Å²) in [5.74, 6) is 0.348. The molecule has 0 spiro atoms. The van der Waals surface area contributed by atoms with Gasteiger partial charge in [0.05, 0.1) is 6.10 Å². The summed E-state index contributed by atoms with van der Waals surface area (Å²) in [6.45, 7) is 0. The van der Waals surface area contributed by atoms with Gasteiger partial charge in [0.1, 0.15) is 5.82 Å². The highest BCUT2D eigenvalue weighted by atomic mass is 35.5. The van der Waals surface area contributed by atoms with Crippen molar-refractivity contribution in [2.24, 2.45) is 5.92 Å². The Morgan fingerprint density at radius 3 is 2.80 bits per heavy atom. The van der Waals surface area contributed by atoms with E-state index < -0.39 is 11.9 Å². The maximum Gasteiger partial charge on any atom is 0.130 e. The van der Waals surface area contributed by atoms with Gasteiger partial charge in [0.25, 0.3) is 0 Å². The molecule has 0 aromatic heterocycles. The zero-order valence-electron chi connectivity index (χ0n) is 8.42. The molecule has 1 fully saturated rings. The van der Waals surface area contributed by atoms with Crippen LogP contribution in [0.3, 0.4) is 0 Å². The molecule has 1 aromatic rings. The Morgan fingerprint density at radius 2 is 2.20 bits per heavy atom. The molecule has 0 aliphatic heterocycles. The summed E-state index contributed by atoms with van der Waals surface area (Å²) in [5, 5.41) is 10.2. The summed E-state index contributed by atoms with van der Waals surface area (Å²) in [4.78, 5) is 0. The monoisotopic (exact) mass is 228 g/mol. The number of aliphatic hydroxyl groups excluding tert-OH is 1. The van der Waals surface area contributed by atoms with Gasteiger partial charge < -0.3 is 5.11 Å². The van der Waals surface area contributed by atoms with Crippen LogP contribution in [-0.2, 0) is 0 Å². The maximum absolute atomic E-state index is 13.4. The van der Waals surface area contributed by atoms with Crippen molar-refractivity contribution in [3.8, 4) is 0 Å². The molecular formula is C12H14ClFO. The standard InChI is InChI=1S/C12H14ClFO/c13-9-4-5-10(11(14)7-9)12(15)6-3-8-1-2-8/h4-5,7-8,12,15H,1-3,6H2. The predicted octanol–water partition coefficient (Wildman–Crippen LogP) is 3.70. The Balaban J connectivity index is 1.99. The van der Waals surface area contributed by atoms with Gasteiger partial charge in [-0.15, -0.1) is 0 Å². The first-order chi connectivity index (χ1) is 7.16. The van der Waals surface area contributed by atoms with E-state index in [2.05, 4.69) is 0 Å². The molecule has 1 aliphatic carbocycles. The molecule has 0 bridgehead atoms. The summed E-state index contributed by atoms with van der Waals surface area (Å²) in [5.41, 5.74) is 0.361. The summed E-state index contributed by atoms with van der Waals surface area (Å²) in [7, 11) is 0. The highest BCUT2D eigenvalue weighted by molar-refractivity contribution is 6.30. The van der Waals surface area contributed by atoms with Gasteiger partial charge in [0.2, 0.25) is 0 Å². The summed E-state index contributed by atoms with van der Waals surface area (Å²) in [6.07, 6.45) is 3.46. The fraction of sp³-hybridized carbons (Fsp3) is 0.500. The Bertz CT molecular complexity index is 349. The van der Waals surface area contributed by atoms with Crippen molar-refractivity contribution in [3.05, 3.63) is 34.6 Å². The molecule has 2 rings (SSSR count). The van der Waals surface area contributed by atoms with E-state index in [9.17, 15) is 9.50 Å². The smallest absolute Gasteiger partial charge is 0.130 e. The second-order valence-electron chi connectivity index (χ2n) is 4.20. The van der Waals surface area contributed by atoms with Gasteiger partial charge in [-0.3, -0.25) is 0 Å². The normalized spacial score (nSPS) is 17.8. The van der Waals surface area contributed by atoms with Gasteiger partial charge in [0, 0.05) is 10.6 Å². The van der Waals surface area contributed by atoms with Crippen LogP contribution in [0.25, 0.3) is 0 Å². The second kappa shape index (κ2) is 4.50. The van der Waals surface area contributed by atoms with Crippen molar-refractivity contribution in [1.29, 1.82) is 0 Å². The predicted molar refractivity (Wildman–Crippen MR) is 58.3 cm³/mol. The van der Waals surface area contributed by atoms with Crippen LogP contribution in [0.1, 0.15) is 37.4 Å². The Morgan fingerprint density at radius 1 is 1.47 bits per heavy atom. The van der Waals surface area contributed by atoms with Crippen molar-refractivity contribution in [2.75, 3.05) is 0 Å². The fourth-order valence-corrected chi connectivity index (χ4v) is 1.89. The molecule has 1 nitrogen and oxygen atoms in total. The zero-order chi connectivity index (χ0) is 10.8. The van der Waals surface area contributed by atoms with Gasteiger partial charge in [0.15, 0.2) is 0 Å². The van der Waals surface area contributed by atoms with E-state index in [0.717, 1.165) is 12.3 Å². The van der Waals surface area contributed by atoms with E-state index in [1.807, 2.05) is 0 Å². The highest BCUT2D eigenvalue weighted by Crippen LogP contribution is 2.36. The van der Waals surface area contributed by atoms with E-state index in [0.29, 0.717) is 17.0 Å². The first-order valence-corrected chi connectivity index (χ1v) is 5.67. The highest BCUT2D eigenvalue weighted by Gasteiger charge is 2.23. The molecule has 1 aliphatic rings. The second-order valence-corrected chi connectivity index (χ2v) is 4.64. The molecule has 15 heavy (non-hydrogen) atoms. The van der Waals surface area contributed by atoms with Crippen molar-refractivity contribution >= 4 is 11.6 Å². The number of halogens is 2. The SMILES string of the molecule is OC(CCC1CC1)c1ccc(Cl)cc1F. The number of benzene rings is 1. The summed E-state index contributed by atoms with van der Waals surface area (Å²) < 4.78 is 13.4. The summed E-state index contributed by atoms with van der Waals surface area (Å²) >= 11 is 5.64. The van der Waals surface area contributed by atoms with Gasteiger partial charge in [-0.05, 0) is 30.9 Å². The average Bonchev–Trinajstić information content (AvgIpc) is 2.97. The molecular weight excluding hydrogens is 215 g/mol. The molecule has 1 N–H and O–H groups in total. The lowest BCUT2D eigenvalue weighted by Crippen LogP contribution is -2.01. The van der Waals surface area contributed by atoms with E-state index >= 15 is 0 Å². The Labute approximate surface area is 93.9 Å².